The lowest BCUT2D eigenvalue weighted by molar-refractivity contribution is 0.427. The number of rotatable bonds is 7. The number of allylic oxidation sites excluding steroid dienone is 1. The molecule has 1 N–H and O–H groups in total. The van der Waals surface area contributed by atoms with Crippen molar-refractivity contribution in [1.82, 2.24) is 15.3 Å². The van der Waals surface area contributed by atoms with Crippen LogP contribution in [0.5, 0.6) is 0 Å². The van der Waals surface area contributed by atoms with E-state index in [-0.39, 0.29) is 0 Å². The minimum atomic E-state index is 0.871. The van der Waals surface area contributed by atoms with Crippen molar-refractivity contribution >= 4 is 17.2 Å². The Balaban J connectivity index is 0.000000339. The van der Waals surface area contributed by atoms with E-state index < -0.39 is 0 Å². The molecule has 0 spiro atoms. The van der Waals surface area contributed by atoms with Crippen molar-refractivity contribution in [1.29, 1.82) is 0 Å². The van der Waals surface area contributed by atoms with E-state index in [0.717, 1.165) is 34.8 Å². The molecule has 4 heteroatoms. The zero-order chi connectivity index (χ0) is 22.9. The Morgan fingerprint density at radius 1 is 1.00 bits per heavy atom. The predicted octanol–water partition coefficient (Wildman–Crippen LogP) is 7.47. The molecular formula is C27H42N4. The minimum Gasteiger partial charge on any atom is -0.386 e. The highest BCUT2D eigenvalue weighted by molar-refractivity contribution is 5.87. The highest BCUT2D eigenvalue weighted by atomic mass is 14.9. The van der Waals surface area contributed by atoms with Crippen LogP contribution in [0.15, 0.2) is 59.1 Å². The van der Waals surface area contributed by atoms with Gasteiger partial charge >= 0.3 is 0 Å². The topological polar surface area (TPSA) is 50.2 Å². The maximum absolute atomic E-state index is 4.50. The second-order valence-corrected chi connectivity index (χ2v) is 7.95. The van der Waals surface area contributed by atoms with Gasteiger partial charge in [0.2, 0.25) is 0 Å². The summed E-state index contributed by atoms with van der Waals surface area (Å²) in [7, 11) is 0. The first-order valence-corrected chi connectivity index (χ1v) is 11.9. The van der Waals surface area contributed by atoms with Crippen LogP contribution in [0.1, 0.15) is 85.6 Å². The summed E-state index contributed by atoms with van der Waals surface area (Å²) in [5, 5.41) is 3.16. The van der Waals surface area contributed by atoms with Gasteiger partial charge in [-0.05, 0) is 36.1 Å². The summed E-state index contributed by atoms with van der Waals surface area (Å²) in [5.74, 6) is 1.01. The molecule has 0 saturated carbocycles. The van der Waals surface area contributed by atoms with Gasteiger partial charge in [-0.3, -0.25) is 15.0 Å². The number of fused-ring (bicyclic) bond motifs is 1. The molecule has 0 bridgehead atoms. The lowest BCUT2D eigenvalue weighted by Crippen LogP contribution is -2.11. The van der Waals surface area contributed by atoms with Crippen molar-refractivity contribution < 1.29 is 0 Å². The highest BCUT2D eigenvalue weighted by Gasteiger charge is 2.02. The molecule has 1 aliphatic rings. The molecule has 2 aromatic rings. The molecule has 1 aliphatic heterocycles. The summed E-state index contributed by atoms with van der Waals surface area (Å²) in [4.78, 5) is 13.0. The number of nitrogens with one attached hydrogen (secondary N) is 1. The monoisotopic (exact) mass is 422 g/mol. The van der Waals surface area contributed by atoms with Crippen molar-refractivity contribution in [3.63, 3.8) is 0 Å². The zero-order valence-corrected chi connectivity index (χ0v) is 20.5. The highest BCUT2D eigenvalue weighted by Crippen LogP contribution is 2.16. The van der Waals surface area contributed by atoms with Gasteiger partial charge < -0.3 is 5.32 Å². The van der Waals surface area contributed by atoms with E-state index in [1.54, 1.807) is 12.4 Å². The summed E-state index contributed by atoms with van der Waals surface area (Å²) in [6.07, 6.45) is 17.5. The van der Waals surface area contributed by atoms with Crippen molar-refractivity contribution in [2.45, 2.75) is 80.1 Å². The first-order valence-electron chi connectivity index (χ1n) is 11.9. The molecule has 0 amide bonds. The van der Waals surface area contributed by atoms with E-state index in [4.69, 9.17) is 0 Å². The largest absolute Gasteiger partial charge is 0.386 e. The van der Waals surface area contributed by atoms with Gasteiger partial charge in [-0.15, -0.1) is 0 Å². The summed E-state index contributed by atoms with van der Waals surface area (Å²) < 4.78 is 0. The molecular weight excluding hydrogens is 380 g/mol. The molecule has 0 atom stereocenters. The second-order valence-electron chi connectivity index (χ2n) is 7.95. The summed E-state index contributed by atoms with van der Waals surface area (Å²) in [5.41, 5.74) is 4.96. The fraction of sp³-hybridized carbons (Fsp3) is 0.519. The Hall–Kier alpha value is -2.49. The number of benzene rings is 1. The third-order valence-electron chi connectivity index (χ3n) is 4.99. The van der Waals surface area contributed by atoms with Gasteiger partial charge in [0, 0.05) is 31.4 Å². The van der Waals surface area contributed by atoms with Crippen LogP contribution in [-0.2, 0) is 0 Å². The molecule has 0 unspecified atom stereocenters. The van der Waals surface area contributed by atoms with Crippen LogP contribution in [0.4, 0.5) is 0 Å². The van der Waals surface area contributed by atoms with E-state index in [1.807, 2.05) is 30.6 Å². The average molecular weight is 423 g/mol. The number of aliphatic imine (C=N–C) groups is 1. The molecule has 3 rings (SSSR count). The number of aromatic nitrogens is 2. The minimum absolute atomic E-state index is 0.871. The van der Waals surface area contributed by atoms with E-state index in [0.29, 0.717) is 0 Å². The summed E-state index contributed by atoms with van der Waals surface area (Å²) >= 11 is 0. The van der Waals surface area contributed by atoms with Crippen LogP contribution in [-0.4, -0.2) is 22.7 Å². The van der Waals surface area contributed by atoms with E-state index in [2.05, 4.69) is 67.9 Å². The van der Waals surface area contributed by atoms with Gasteiger partial charge in [0.05, 0.1) is 16.7 Å². The Labute approximate surface area is 190 Å². The molecule has 2 heterocycles. The van der Waals surface area contributed by atoms with Gasteiger partial charge in [-0.1, -0.05) is 85.3 Å². The third-order valence-corrected chi connectivity index (χ3v) is 4.99. The van der Waals surface area contributed by atoms with Crippen LogP contribution < -0.4 is 5.32 Å². The molecule has 4 nitrogen and oxygen atoms in total. The summed E-state index contributed by atoms with van der Waals surface area (Å²) in [6, 6.07) is 5.94. The molecule has 1 aromatic heterocycles. The van der Waals surface area contributed by atoms with Crippen LogP contribution in [0.25, 0.3) is 11.0 Å². The van der Waals surface area contributed by atoms with Gasteiger partial charge in [-0.2, -0.15) is 0 Å². The van der Waals surface area contributed by atoms with E-state index >= 15 is 0 Å². The van der Waals surface area contributed by atoms with E-state index in [9.17, 15) is 0 Å². The Kier molecular flexibility index (Phi) is 13.9. The molecule has 170 valence electrons. The van der Waals surface area contributed by atoms with Crippen LogP contribution >= 0.6 is 0 Å². The molecule has 0 fully saturated rings. The average Bonchev–Trinajstić information content (AvgIpc) is 2.79. The Bertz CT molecular complexity index is 830. The molecule has 31 heavy (non-hydrogen) atoms. The Morgan fingerprint density at radius 2 is 1.65 bits per heavy atom. The first kappa shape index (κ1) is 26.5. The lowest BCUT2D eigenvalue weighted by Gasteiger charge is -2.10. The first-order chi connectivity index (χ1) is 15.1. The van der Waals surface area contributed by atoms with Gasteiger partial charge in [0.25, 0.3) is 0 Å². The fourth-order valence-electron chi connectivity index (χ4n) is 3.30. The zero-order valence-electron chi connectivity index (χ0n) is 20.5. The van der Waals surface area contributed by atoms with Crippen LogP contribution in [0.3, 0.4) is 0 Å². The standard InChI is InChI=1S/C15H14N4.C9H20.C3H8/c1-11-4-5-16-10-15(11)19-9-12-2-3-13-14(8-12)18-7-6-17-13;1-4-7-9(6-3)8-5-2;1-3-2/h2-4,6-10,16H,5H2,1H3;9H,4-8H2,1-3H3;3H2,1-2H3. The van der Waals surface area contributed by atoms with Crippen LogP contribution in [0.2, 0.25) is 0 Å². The number of dihydropyridines is 1. The quantitative estimate of drug-likeness (QED) is 0.471. The lowest BCUT2D eigenvalue weighted by atomic mass is 9.96. The Morgan fingerprint density at radius 3 is 2.23 bits per heavy atom. The smallest absolute Gasteiger partial charge is 0.0893 e. The SMILES string of the molecule is CC1=CCNC=C1N=Cc1ccc2nccnc2c1.CCC.CCCC(CC)CCC. The van der Waals surface area contributed by atoms with Crippen molar-refractivity contribution in [3.8, 4) is 0 Å². The fourth-order valence-corrected chi connectivity index (χ4v) is 3.30. The van der Waals surface area contributed by atoms with Crippen molar-refractivity contribution in [2.75, 3.05) is 6.54 Å². The summed E-state index contributed by atoms with van der Waals surface area (Å²) in [6.45, 7) is 14.0. The van der Waals surface area contributed by atoms with E-state index in [1.165, 1.54) is 44.1 Å². The van der Waals surface area contributed by atoms with Gasteiger partial charge in [0.1, 0.15) is 0 Å². The van der Waals surface area contributed by atoms with Crippen molar-refractivity contribution in [2.24, 2.45) is 10.9 Å². The molecule has 0 saturated heterocycles. The normalized spacial score (nSPS) is 13.0. The molecule has 0 aliphatic carbocycles. The predicted molar refractivity (Wildman–Crippen MR) is 137 cm³/mol. The number of nitrogens with zero attached hydrogens (tertiary/aromatic N) is 3. The van der Waals surface area contributed by atoms with Crippen molar-refractivity contribution in [3.05, 3.63) is 59.7 Å². The second kappa shape index (κ2) is 16.2. The van der Waals surface area contributed by atoms with Crippen LogP contribution in [0, 0.1) is 5.92 Å². The maximum atomic E-state index is 4.50. The van der Waals surface area contributed by atoms with Gasteiger partial charge in [-0.25, -0.2) is 0 Å². The number of hydrogen-bond acceptors (Lipinski definition) is 4. The maximum Gasteiger partial charge on any atom is 0.0893 e. The molecule has 1 aromatic carbocycles. The third kappa shape index (κ3) is 10.4. The van der Waals surface area contributed by atoms with Gasteiger partial charge in [0.15, 0.2) is 0 Å². The number of hydrogen-bond donors (Lipinski definition) is 1. The molecule has 0 radical (unpaired) electrons.